The fourth-order valence-corrected chi connectivity index (χ4v) is 5.27. The Morgan fingerprint density at radius 1 is 0.556 bits per heavy atom. The average Bonchev–Trinajstić information content (AvgIpc) is 0.741. The Bertz CT molecular complexity index is 4020. The van der Waals surface area contributed by atoms with E-state index in [4.69, 9.17) is 56.0 Å². The zero-order valence-corrected chi connectivity index (χ0v) is 78.0. The quantitative estimate of drug-likeness (QED) is 0.00269. The van der Waals surface area contributed by atoms with E-state index >= 15 is 0 Å². The zero-order chi connectivity index (χ0) is 118. The van der Waals surface area contributed by atoms with Crippen LogP contribution in [0, 0.1) is 59.0 Å². The van der Waals surface area contributed by atoms with Gasteiger partial charge in [0, 0.05) is 66.3 Å². The molecule has 0 saturated heterocycles. The van der Waals surface area contributed by atoms with Gasteiger partial charge in [-0.1, -0.05) is 113 Å². The first-order chi connectivity index (χ1) is 62.4. The maximum Gasteiger partial charge on any atom is 1.00 e. The van der Waals surface area contributed by atoms with E-state index < -0.39 is 226 Å². The number of halogens is 1. The number of nitrogens with two attached hydrogens (primary N) is 2. The van der Waals surface area contributed by atoms with Crippen LogP contribution in [0.15, 0.2) is 0 Å². The van der Waals surface area contributed by atoms with Crippen molar-refractivity contribution in [2.45, 2.75) is 246 Å². The summed E-state index contributed by atoms with van der Waals surface area (Å²) in [6, 6.07) is -5.93. The molecule has 678 valence electrons. The molecule has 0 fully saturated rings. The largest absolute Gasteiger partial charge is 1.00 e. The number of rotatable bonds is 42. The predicted molar refractivity (Wildman–Crippen MR) is 385 cm³/mol. The van der Waals surface area contributed by atoms with Crippen molar-refractivity contribution in [1.82, 2.24) is 0 Å². The molecule has 0 saturated carbocycles. The van der Waals surface area contributed by atoms with Crippen LogP contribution in [0.1, 0.15) is 223 Å². The van der Waals surface area contributed by atoms with Gasteiger partial charge in [-0.3, -0.25) is 47.9 Å². The van der Waals surface area contributed by atoms with Crippen molar-refractivity contribution in [2.24, 2.45) is 70.5 Å². The van der Waals surface area contributed by atoms with Gasteiger partial charge in [-0.2, -0.15) is 0 Å². The maximum atomic E-state index is 11.0. The van der Waals surface area contributed by atoms with E-state index in [0.717, 1.165) is 90.0 Å². The molecule has 0 aliphatic carbocycles. The Morgan fingerprint density at radius 2 is 1.00 bits per heavy atom. The summed E-state index contributed by atoms with van der Waals surface area (Å²) in [5.74, 6) is -44.4. The molecule has 0 bridgehead atoms. The number of hydrogen-bond donors (Lipinski definition) is 8. The molecule has 117 heavy (non-hydrogen) atoms. The SMILES string of the molecule is CCOC(=O)C(C(C)=O)C(C)O.CCOC(=O)C(CC)C(C)=O.CCOC(=O)CC(C)=O.CI.O=CO[O-].[2H]C(C)(C)C(=O)C(=O)[O-].[2H]C(C)(C)C([2H])([2H])C(=O)C(=O)[O-].[2H]N([2H])[C@]([2H])(C(=O)[O-])C([2H])(C)C.[2H]N([2H])[C@]([2H])(C(=O)[O-])C([2H])([2H])C([2H])(C)C.[2H]OC(C)(C)[C@@]([2H])(O[2H])C(=O)[O-].[2H]OC(C)C(C(C)=O)C(=O)[O-].[2H]O[C@@](C(=O)[O-])(C([2H])(C)C)C([2H])([2H])C(=O)[O-].[2H]O[C@@]([2H])(C(=O)[O-])[C@@]([2H])(C(=O)[O-])C([2H])(C)C.[H-].[K+].[K+]. The molecule has 11 atom stereocenters. The van der Waals surface area contributed by atoms with Gasteiger partial charge in [0.15, 0.2) is 11.6 Å². The first-order valence-corrected chi connectivity index (χ1v) is 33.8. The van der Waals surface area contributed by atoms with Crippen LogP contribution in [0.4, 0.5) is 0 Å². The third-order valence-electron chi connectivity index (χ3n) is 10.4. The van der Waals surface area contributed by atoms with Gasteiger partial charge in [0.05, 0.1) is 84.8 Å². The smallest absolute Gasteiger partial charge is 1.00 e. The summed E-state index contributed by atoms with van der Waals surface area (Å²) in [6.07, 6.45) is -17.0. The fourth-order valence-electron chi connectivity index (χ4n) is 5.27. The third-order valence-corrected chi connectivity index (χ3v) is 10.4. The Balaban J connectivity index is -0.0000000890. The molecular weight excluding hydrogens is 1740 g/mol. The number of Topliss-reactive ketones (excluding diaryl/α,β-unsaturated/α-hetero) is 6. The van der Waals surface area contributed by atoms with Crippen LogP contribution in [0.25, 0.3) is 0 Å². The number of hydrogen-bond acceptors (Lipinski definition) is 43. The van der Waals surface area contributed by atoms with E-state index in [1.54, 1.807) is 27.7 Å². The molecule has 0 amide bonds. The second-order valence-corrected chi connectivity index (χ2v) is 22.4. The molecule has 0 radical (unpaired) electrons. The summed E-state index contributed by atoms with van der Waals surface area (Å²) in [5, 5.41) is 140. The molecule has 0 aromatic carbocycles. The van der Waals surface area contributed by atoms with Crippen molar-refractivity contribution >= 4 is 141 Å². The van der Waals surface area contributed by atoms with E-state index in [0.29, 0.717) is 19.6 Å². The number of carboxylic acid groups (broad SMARTS) is 10. The second kappa shape index (κ2) is 85.2. The molecule has 10 N–H and O–H groups in total. The summed E-state index contributed by atoms with van der Waals surface area (Å²) >= 11 is 2.15. The van der Waals surface area contributed by atoms with Crippen LogP contribution in [-0.2, 0) is 115 Å². The van der Waals surface area contributed by atoms with Gasteiger partial charge in [-0.05, 0) is 123 Å². The van der Waals surface area contributed by atoms with Gasteiger partial charge in [0.2, 0.25) is 7.16 Å². The van der Waals surface area contributed by atoms with Crippen molar-refractivity contribution in [3.05, 3.63) is 0 Å². The molecule has 43 nitrogen and oxygen atoms in total. The standard InChI is InChI=1S/C8H14O4.C8H14O3.2C7H12O5.C6H13NO2.C6H10O4.2C6H10O3.C5H11NO2.C5H10O4.C5H8O3.CH3I.CH2O3.2K.H/c1-4-12-8(11)7(5(2)9)6(3)10;1-4-7(6(3)9)8(10)11-5-2;1-4(2)7(12,6(10)11)3-5(8)9;1-3(2)4(6(9)10)5(8)7(11)12;1-4(2)3-5(7)6(8)9;1-3(7)5(4(2)8)6(9)10;1-4(2)3-5(7)6(8)9;1-3-9-6(8)4-5(2)7;1-3(2)4(6)5(7)8;1-5(2,9)3(6)4(7)8;1-3(2)4(6)5(7)8;1-2;2-1-4-3;;;/h5,7,9H,4H2,1-3H3;7H,4-5H2,1-3H3;4,12H,3H2,1-2H3,(H,8,9)(H,10,11);3-5,8H,1-2H3,(H,9,10)(H,11,12);4-5H,3,7H2,1-2H3,(H,8,9);3,5,7H,1-2H3,(H,9,10);4H,3H2,1-2H3,(H,8,9);3-4H2,1-2H3;3-4H,6H2,1-2H3,(H,7,8);3,6,9H,1-2H3,(H,7,8);3H,1-2H3,(H,7,8);1H3;1,3H;;;/q;;;;;;;;;;;;;2*+1;-1/p-11/t;;7-;4-,5+;5-;;;;4-;3-;;;;;;/m..100...00....../s1/i;;3D2,4D,12D;3D,4D,5D,8D;3D2,4D,5D;7D;3D2,4D;;3D,4D;3D,6D,9D;3D;;;;;/hD4. The number of aliphatic carboxylic acids is 10. The Kier molecular flexibility index (Phi) is 65.9. The van der Waals surface area contributed by atoms with E-state index in [9.17, 15) is 142 Å². The van der Waals surface area contributed by atoms with Gasteiger partial charge in [0.25, 0.3) is 6.47 Å². The molecule has 0 aromatic rings. The van der Waals surface area contributed by atoms with Crippen LogP contribution in [-0.4, -0.2) is 229 Å². The zero-order valence-electron chi connectivity index (χ0n) is 96.5. The summed E-state index contributed by atoms with van der Waals surface area (Å²) < 4.78 is 196. The maximum absolute atomic E-state index is 11.0. The number of esters is 3. The van der Waals surface area contributed by atoms with Gasteiger partial charge in [-0.25, -0.2) is 0 Å². The number of alkyl halides is 1. The average molecular weight is 1890 g/mol. The van der Waals surface area contributed by atoms with Crippen molar-refractivity contribution in [2.75, 3.05) is 24.8 Å². The molecule has 0 aliphatic rings. The van der Waals surface area contributed by atoms with Gasteiger partial charge in [0.1, 0.15) is 76.7 Å². The molecule has 0 spiro atoms. The Labute approximate surface area is 818 Å². The van der Waals surface area contributed by atoms with Gasteiger partial charge >= 0.3 is 121 Å². The van der Waals surface area contributed by atoms with Crippen molar-refractivity contribution in [3.8, 4) is 0 Å². The van der Waals surface area contributed by atoms with E-state index in [2.05, 4.69) is 62.5 Å². The number of aliphatic hydroxyl groups excluding tert-OH is 2. The minimum Gasteiger partial charge on any atom is -1.00 e. The minimum absolute atomic E-state index is 0. The molecular formula is C71H119IK2N2O41-10. The molecule has 46 heteroatoms. The van der Waals surface area contributed by atoms with Crippen molar-refractivity contribution in [1.29, 1.82) is 7.16 Å². The third kappa shape index (κ3) is 94.0. The monoisotopic (exact) mass is 1890 g/mol. The van der Waals surface area contributed by atoms with Gasteiger partial charge < -0.3 is 167 Å². The van der Waals surface area contributed by atoms with Crippen molar-refractivity contribution < 1.29 is 335 Å². The Hall–Kier alpha value is -5.76. The normalized spacial score (nSPS) is 18.2. The van der Waals surface area contributed by atoms with E-state index in [-0.39, 0.29) is 147 Å². The second-order valence-electron chi connectivity index (χ2n) is 22.4. The van der Waals surface area contributed by atoms with E-state index in [1.165, 1.54) is 48.5 Å². The van der Waals surface area contributed by atoms with Crippen LogP contribution < -0.4 is 171 Å². The number of aliphatic hydroxyl groups is 6. The predicted octanol–water partition coefficient (Wildman–Crippen LogP) is -17.8. The van der Waals surface area contributed by atoms with Crippen LogP contribution in [0.3, 0.4) is 0 Å². The molecule has 0 rings (SSSR count). The fraction of sp³-hybridized carbons (Fsp3) is 0.718. The molecule has 0 aromatic heterocycles. The first-order valence-electron chi connectivity index (χ1n) is 44.0. The molecule has 0 aliphatic heterocycles. The Morgan fingerprint density at radius 3 is 1.13 bits per heavy atom. The van der Waals surface area contributed by atoms with Crippen LogP contribution in [0.2, 0.25) is 5.65 Å². The van der Waals surface area contributed by atoms with Crippen LogP contribution >= 0.6 is 22.6 Å². The molecule has 5 unspecified atom stereocenters. The molecule has 0 heterocycles. The van der Waals surface area contributed by atoms with E-state index in [1.807, 2.05) is 4.93 Å². The summed E-state index contributed by atoms with van der Waals surface area (Å²) in [5.41, 5.74) is -6.00. The number of ether oxygens (including phenoxy) is 3. The topological polar surface area (TPSA) is 805 Å². The van der Waals surface area contributed by atoms with Crippen LogP contribution in [0.5, 0.6) is 0 Å². The number of carbonyl (C=O) groups excluding carboxylic acids is 20. The number of carbonyl (C=O) groups is 20. The minimum atomic E-state index is -3.58. The summed E-state index contributed by atoms with van der Waals surface area (Å²) in [7, 11) is 0. The van der Waals surface area contributed by atoms with Crippen molar-refractivity contribution in [3.63, 3.8) is 0 Å². The first kappa shape index (κ1) is 90.5. The summed E-state index contributed by atoms with van der Waals surface area (Å²) in [4.78, 5) is 213. The van der Waals surface area contributed by atoms with Gasteiger partial charge in [-0.15, -0.1) is 0 Å². The number of ketones is 6. The number of carboxylic acids is 10. The summed E-state index contributed by atoms with van der Waals surface area (Å²) in [6.45, 7) is 30.3.